The molecule has 9 aromatic rings. The molecule has 3 nitrogen and oxygen atoms in total. The van der Waals surface area contributed by atoms with Crippen molar-refractivity contribution in [3.05, 3.63) is 248 Å². The first kappa shape index (κ1) is 36.7. The predicted molar refractivity (Wildman–Crippen MR) is 264 cm³/mol. The van der Waals surface area contributed by atoms with Crippen molar-refractivity contribution in [1.82, 2.24) is 0 Å². The first-order valence-electron chi connectivity index (χ1n) is 21.8. The lowest BCUT2D eigenvalue weighted by Gasteiger charge is -2.34. The molecule has 0 bridgehead atoms. The first-order valence-corrected chi connectivity index (χ1v) is 21.8. The maximum Gasteiger partial charge on any atom is 0.159 e. The van der Waals surface area contributed by atoms with Gasteiger partial charge in [0.2, 0.25) is 0 Å². The highest BCUT2D eigenvalue weighted by Gasteiger charge is 2.29. The lowest BCUT2D eigenvalue weighted by molar-refractivity contribution is 0.488. The van der Waals surface area contributed by atoms with Crippen molar-refractivity contribution in [2.24, 2.45) is 5.92 Å². The van der Waals surface area contributed by atoms with E-state index in [9.17, 15) is 0 Å². The Balaban J connectivity index is 1.02. The SMILES string of the molecule is C1=CC2=CC=C(N(c3ccc(-c4ccccc4)cc3)c3cc4c5c(cccc5c3)-c3cccc(N(c5ccc(-c6ccccc6)cc5)c5cccc6ccccc56)c3O4)CC2C=C1. The molecule has 9 aromatic carbocycles. The fourth-order valence-electron chi connectivity index (χ4n) is 9.71. The van der Waals surface area contributed by atoms with Crippen LogP contribution in [0.1, 0.15) is 6.42 Å². The largest absolute Gasteiger partial charge is 0.454 e. The van der Waals surface area contributed by atoms with E-state index in [-0.39, 0.29) is 0 Å². The van der Waals surface area contributed by atoms with Gasteiger partial charge in [0, 0.05) is 45.4 Å². The molecule has 0 N–H and O–H groups in total. The average molecular weight is 807 g/mol. The van der Waals surface area contributed by atoms with E-state index >= 15 is 0 Å². The van der Waals surface area contributed by atoms with Crippen molar-refractivity contribution >= 4 is 50.0 Å². The third-order valence-corrected chi connectivity index (χ3v) is 12.7. The molecule has 1 unspecified atom stereocenters. The summed E-state index contributed by atoms with van der Waals surface area (Å²) in [5, 5.41) is 4.61. The Kier molecular flexibility index (Phi) is 8.97. The minimum atomic E-state index is 0.319. The summed E-state index contributed by atoms with van der Waals surface area (Å²) < 4.78 is 7.37. The third kappa shape index (κ3) is 6.54. The Labute approximate surface area is 368 Å². The van der Waals surface area contributed by atoms with Crippen LogP contribution in [0.25, 0.3) is 54.9 Å². The molecule has 1 aliphatic heterocycles. The molecule has 0 aromatic heterocycles. The number of hydrogen-bond donors (Lipinski definition) is 0. The van der Waals surface area contributed by atoms with E-state index < -0.39 is 0 Å². The zero-order valence-corrected chi connectivity index (χ0v) is 34.6. The molecule has 12 rings (SSSR count). The highest BCUT2D eigenvalue weighted by Crippen LogP contribution is 2.55. The number of allylic oxidation sites excluding steroid dienone is 8. The summed E-state index contributed by atoms with van der Waals surface area (Å²) in [6.07, 6.45) is 14.3. The molecule has 1 atom stereocenters. The van der Waals surface area contributed by atoms with Crippen LogP contribution in [0.15, 0.2) is 248 Å². The van der Waals surface area contributed by atoms with E-state index in [1.165, 1.54) is 44.3 Å². The normalized spacial score (nSPS) is 14.6. The van der Waals surface area contributed by atoms with Crippen LogP contribution in [0.4, 0.5) is 28.4 Å². The van der Waals surface area contributed by atoms with Crippen LogP contribution in [-0.2, 0) is 0 Å². The van der Waals surface area contributed by atoms with Gasteiger partial charge in [-0.3, -0.25) is 0 Å². The van der Waals surface area contributed by atoms with E-state index in [2.05, 4.69) is 246 Å². The lowest BCUT2D eigenvalue weighted by atomic mass is 9.86. The molecule has 0 amide bonds. The molecular weight excluding hydrogens is 765 g/mol. The summed E-state index contributed by atoms with van der Waals surface area (Å²) in [5.41, 5.74) is 14.8. The smallest absolute Gasteiger partial charge is 0.159 e. The van der Waals surface area contributed by atoms with Crippen LogP contribution in [0.5, 0.6) is 11.5 Å². The Morgan fingerprint density at radius 2 is 1.05 bits per heavy atom. The van der Waals surface area contributed by atoms with Crippen molar-refractivity contribution in [2.45, 2.75) is 6.42 Å². The second-order valence-corrected chi connectivity index (χ2v) is 16.5. The molecule has 3 aliphatic rings. The molecule has 0 radical (unpaired) electrons. The zero-order chi connectivity index (χ0) is 41.7. The maximum atomic E-state index is 7.37. The Hall–Kier alpha value is -8.14. The summed E-state index contributed by atoms with van der Waals surface area (Å²) in [6, 6.07) is 72.1. The van der Waals surface area contributed by atoms with Gasteiger partial charge in [-0.05, 0) is 99.1 Å². The van der Waals surface area contributed by atoms with Crippen LogP contribution < -0.4 is 14.5 Å². The van der Waals surface area contributed by atoms with Crippen LogP contribution in [0.2, 0.25) is 0 Å². The van der Waals surface area contributed by atoms with E-state index in [0.29, 0.717) is 5.92 Å². The molecule has 63 heavy (non-hydrogen) atoms. The summed E-state index contributed by atoms with van der Waals surface area (Å²) in [4.78, 5) is 4.80. The van der Waals surface area contributed by atoms with Crippen LogP contribution in [0, 0.1) is 5.92 Å². The Morgan fingerprint density at radius 3 is 1.81 bits per heavy atom. The van der Waals surface area contributed by atoms with E-state index in [4.69, 9.17) is 4.74 Å². The van der Waals surface area contributed by atoms with Crippen LogP contribution >= 0.6 is 0 Å². The van der Waals surface area contributed by atoms with Crippen molar-refractivity contribution in [1.29, 1.82) is 0 Å². The van der Waals surface area contributed by atoms with Crippen molar-refractivity contribution in [2.75, 3.05) is 9.80 Å². The van der Waals surface area contributed by atoms with Gasteiger partial charge in [-0.2, -0.15) is 0 Å². The molecule has 0 spiro atoms. The fraction of sp³-hybridized carbons (Fsp3) is 0.0333. The van der Waals surface area contributed by atoms with E-state index in [1.54, 1.807) is 0 Å². The van der Waals surface area contributed by atoms with Gasteiger partial charge < -0.3 is 14.5 Å². The molecule has 298 valence electrons. The highest BCUT2D eigenvalue weighted by molar-refractivity contribution is 6.08. The van der Waals surface area contributed by atoms with E-state index in [0.717, 1.165) is 68.3 Å². The molecule has 1 heterocycles. The van der Waals surface area contributed by atoms with Crippen LogP contribution in [-0.4, -0.2) is 0 Å². The van der Waals surface area contributed by atoms with Gasteiger partial charge in [0.05, 0.1) is 17.1 Å². The molecule has 0 saturated heterocycles. The predicted octanol–water partition coefficient (Wildman–Crippen LogP) is 16.7. The highest BCUT2D eigenvalue weighted by atomic mass is 16.5. The van der Waals surface area contributed by atoms with Gasteiger partial charge in [0.15, 0.2) is 5.75 Å². The van der Waals surface area contributed by atoms with Gasteiger partial charge in [0.25, 0.3) is 0 Å². The topological polar surface area (TPSA) is 15.7 Å². The van der Waals surface area contributed by atoms with Crippen molar-refractivity contribution < 1.29 is 4.74 Å². The zero-order valence-electron chi connectivity index (χ0n) is 34.6. The van der Waals surface area contributed by atoms with Gasteiger partial charge >= 0.3 is 0 Å². The number of fused-ring (bicyclic) bond motifs is 4. The number of ether oxygens (including phenoxy) is 1. The Bertz CT molecular complexity index is 3320. The monoisotopic (exact) mass is 806 g/mol. The number of benzene rings is 9. The minimum Gasteiger partial charge on any atom is -0.454 e. The number of para-hydroxylation sites is 1. The summed E-state index contributed by atoms with van der Waals surface area (Å²) in [6.45, 7) is 0. The fourth-order valence-corrected chi connectivity index (χ4v) is 9.71. The molecular formula is C60H42N2O. The number of nitrogens with zero attached hydrogens (tertiary/aromatic N) is 2. The number of anilines is 5. The second kappa shape index (κ2) is 15.4. The lowest BCUT2D eigenvalue weighted by Crippen LogP contribution is -2.21. The molecule has 0 saturated carbocycles. The average Bonchev–Trinajstić information content (AvgIpc) is 3.35. The number of rotatable bonds is 8. The standard InChI is InChI=1S/C60H42N2O/c1-3-14-41(15-4-1)44-28-33-49(34-29-44)61(51-37-32-43-18-7-8-20-47(43)38-51)52-39-48-22-11-24-54-55-25-13-27-57(60(55)63-58(40-52)59(48)54)62(56-26-12-21-46-19-9-10-23-53(46)56)50-35-30-45(31-36-50)42-16-5-2-6-17-42/h1-37,39-40,47H,38H2. The first-order chi connectivity index (χ1) is 31.2. The molecule has 0 fully saturated rings. The van der Waals surface area contributed by atoms with E-state index in [1.807, 2.05) is 0 Å². The third-order valence-electron chi connectivity index (χ3n) is 12.7. The van der Waals surface area contributed by atoms with Gasteiger partial charge in [-0.15, -0.1) is 0 Å². The molecule has 3 heteroatoms. The van der Waals surface area contributed by atoms with Crippen molar-refractivity contribution in [3.8, 4) is 44.9 Å². The van der Waals surface area contributed by atoms with Crippen LogP contribution in [0.3, 0.4) is 0 Å². The van der Waals surface area contributed by atoms with Gasteiger partial charge in [0.1, 0.15) is 5.75 Å². The minimum absolute atomic E-state index is 0.319. The van der Waals surface area contributed by atoms with Crippen molar-refractivity contribution in [3.63, 3.8) is 0 Å². The quantitative estimate of drug-likeness (QED) is 0.152. The summed E-state index contributed by atoms with van der Waals surface area (Å²) >= 11 is 0. The van der Waals surface area contributed by atoms with Gasteiger partial charge in [-0.25, -0.2) is 0 Å². The second-order valence-electron chi connectivity index (χ2n) is 16.5. The maximum absolute atomic E-state index is 7.37. The number of hydrogen-bond acceptors (Lipinski definition) is 3. The summed E-state index contributed by atoms with van der Waals surface area (Å²) in [5.74, 6) is 1.99. The molecule has 2 aliphatic carbocycles. The summed E-state index contributed by atoms with van der Waals surface area (Å²) in [7, 11) is 0. The van der Waals surface area contributed by atoms with Gasteiger partial charge in [-0.1, -0.05) is 182 Å². The Morgan fingerprint density at radius 1 is 0.444 bits per heavy atom.